The van der Waals surface area contributed by atoms with Crippen LogP contribution in [0.1, 0.15) is 90.9 Å². The van der Waals surface area contributed by atoms with Gasteiger partial charge >= 0.3 is 0 Å². The minimum atomic E-state index is 0. The van der Waals surface area contributed by atoms with E-state index in [1.165, 1.54) is 102 Å². The van der Waals surface area contributed by atoms with Gasteiger partial charge in [0.05, 0.1) is 0 Å². The third-order valence-corrected chi connectivity index (χ3v) is 10.2. The number of nitrogens with zero attached hydrogens (tertiary/aromatic N) is 2. The molecule has 0 aliphatic heterocycles. The Morgan fingerprint density at radius 3 is 1.31 bits per heavy atom. The van der Waals surface area contributed by atoms with Gasteiger partial charge < -0.3 is 9.80 Å². The zero-order valence-corrected chi connectivity index (χ0v) is 22.2. The number of thioether (sulfide) groups is 2. The molecule has 0 bridgehead atoms. The monoisotopic (exact) mass is 464 g/mol. The van der Waals surface area contributed by atoms with Crippen molar-refractivity contribution < 1.29 is 0 Å². The van der Waals surface area contributed by atoms with Crippen molar-refractivity contribution in [2.24, 2.45) is 0 Å². The molecular formula is C24H49ClN2S2. The van der Waals surface area contributed by atoms with E-state index in [0.29, 0.717) is 0 Å². The minimum Gasteiger partial charge on any atom is -0.301 e. The van der Waals surface area contributed by atoms with Crippen LogP contribution in [0.5, 0.6) is 0 Å². The molecule has 2 aliphatic rings. The van der Waals surface area contributed by atoms with Crippen molar-refractivity contribution in [3.05, 3.63) is 0 Å². The minimum absolute atomic E-state index is 0. The lowest BCUT2D eigenvalue weighted by Crippen LogP contribution is -2.42. The molecule has 0 N–H and O–H groups in total. The summed E-state index contributed by atoms with van der Waals surface area (Å²) in [6, 6.07) is 1.49. The van der Waals surface area contributed by atoms with E-state index in [0.717, 1.165) is 22.6 Å². The zero-order chi connectivity index (χ0) is 20.2. The van der Waals surface area contributed by atoms with Gasteiger partial charge in [0, 0.05) is 47.2 Å². The quantitative estimate of drug-likeness (QED) is 0.290. The summed E-state index contributed by atoms with van der Waals surface area (Å²) in [6.45, 7) is 7.18. The Morgan fingerprint density at radius 2 is 1.00 bits per heavy atom. The first-order chi connectivity index (χ1) is 13.6. The van der Waals surface area contributed by atoms with Crippen LogP contribution in [0.25, 0.3) is 0 Å². The molecule has 0 aromatic carbocycles. The van der Waals surface area contributed by atoms with Crippen LogP contribution in [0.15, 0.2) is 0 Å². The van der Waals surface area contributed by atoms with E-state index < -0.39 is 0 Å². The Morgan fingerprint density at radius 1 is 0.655 bits per heavy atom. The van der Waals surface area contributed by atoms with Crippen molar-refractivity contribution in [1.82, 2.24) is 9.80 Å². The summed E-state index contributed by atoms with van der Waals surface area (Å²) in [6.07, 6.45) is 17.2. The van der Waals surface area contributed by atoms with Gasteiger partial charge in [-0.3, -0.25) is 0 Å². The van der Waals surface area contributed by atoms with Crippen molar-refractivity contribution in [2.75, 3.05) is 38.7 Å². The molecule has 0 spiro atoms. The summed E-state index contributed by atoms with van der Waals surface area (Å²) >= 11 is 4.54. The molecule has 2 nitrogen and oxygen atoms in total. The first kappa shape index (κ1) is 27.9. The van der Waals surface area contributed by atoms with Gasteiger partial charge in [-0.05, 0) is 52.6 Å². The van der Waals surface area contributed by atoms with Gasteiger partial charge in [0.25, 0.3) is 0 Å². The second-order valence-corrected chi connectivity index (χ2v) is 11.9. The molecule has 0 heterocycles. The SMILES string of the molecule is CCC(CSC1CCCCC1)N(C)CCN(C)C(CC)CSC1CCCCC1.Cl. The normalized spacial score (nSPS) is 21.3. The Kier molecular flexibility index (Phi) is 15.9. The molecule has 2 saturated carbocycles. The van der Waals surface area contributed by atoms with Gasteiger partial charge in [-0.1, -0.05) is 52.4 Å². The molecule has 0 radical (unpaired) electrons. The van der Waals surface area contributed by atoms with Gasteiger partial charge in [0.1, 0.15) is 0 Å². The summed E-state index contributed by atoms with van der Waals surface area (Å²) in [5.74, 6) is 2.66. The Bertz CT molecular complexity index is 351. The van der Waals surface area contributed by atoms with E-state index in [1.807, 2.05) is 0 Å². The van der Waals surface area contributed by atoms with Crippen LogP contribution in [0.3, 0.4) is 0 Å². The summed E-state index contributed by atoms with van der Waals surface area (Å²) < 4.78 is 0. The van der Waals surface area contributed by atoms with Crippen LogP contribution < -0.4 is 0 Å². The van der Waals surface area contributed by atoms with Gasteiger partial charge in [-0.2, -0.15) is 23.5 Å². The molecule has 5 heteroatoms. The maximum absolute atomic E-state index is 2.65. The second-order valence-electron chi connectivity index (χ2n) is 9.27. The van der Waals surface area contributed by atoms with Crippen LogP contribution in [-0.2, 0) is 0 Å². The maximum Gasteiger partial charge on any atom is 0.0181 e. The number of hydrogen-bond donors (Lipinski definition) is 0. The van der Waals surface area contributed by atoms with Crippen molar-refractivity contribution in [1.29, 1.82) is 0 Å². The Hall–Kier alpha value is 0.910. The average molecular weight is 465 g/mol. The summed E-state index contributed by atoms with van der Waals surface area (Å²) in [4.78, 5) is 5.29. The molecule has 2 rings (SSSR count). The van der Waals surface area contributed by atoms with Crippen molar-refractivity contribution >= 4 is 35.9 Å². The Balaban J connectivity index is 0.00000420. The first-order valence-corrected chi connectivity index (χ1v) is 14.4. The van der Waals surface area contributed by atoms with Gasteiger partial charge in [-0.25, -0.2) is 0 Å². The van der Waals surface area contributed by atoms with Crippen molar-refractivity contribution in [2.45, 2.75) is 113 Å². The van der Waals surface area contributed by atoms with E-state index >= 15 is 0 Å². The first-order valence-electron chi connectivity index (χ1n) is 12.3. The van der Waals surface area contributed by atoms with Crippen molar-refractivity contribution in [3.63, 3.8) is 0 Å². The highest BCUT2D eigenvalue weighted by atomic mass is 35.5. The standard InChI is InChI=1S/C24H48N2S2.ClH/c1-5-21(19-27-23-13-9-7-10-14-23)25(3)17-18-26(4)22(6-2)20-28-24-15-11-8-12-16-24;/h21-24H,5-20H2,1-4H3;1H. The van der Waals surface area contributed by atoms with Gasteiger partial charge in [0.15, 0.2) is 0 Å². The smallest absolute Gasteiger partial charge is 0.0181 e. The number of likely N-dealkylation sites (N-methyl/N-ethyl adjacent to an activating group) is 2. The zero-order valence-electron chi connectivity index (χ0n) is 19.7. The largest absolute Gasteiger partial charge is 0.301 e. The molecular weight excluding hydrogens is 416 g/mol. The third-order valence-electron chi connectivity index (χ3n) is 7.15. The van der Waals surface area contributed by atoms with Crippen LogP contribution in [0, 0.1) is 0 Å². The van der Waals surface area contributed by atoms with E-state index in [4.69, 9.17) is 0 Å². The summed E-state index contributed by atoms with van der Waals surface area (Å²) in [5.41, 5.74) is 0. The molecule has 0 saturated heterocycles. The van der Waals surface area contributed by atoms with Crippen LogP contribution in [0.4, 0.5) is 0 Å². The van der Waals surface area contributed by atoms with Crippen LogP contribution in [-0.4, -0.2) is 71.1 Å². The molecule has 0 aromatic rings. The van der Waals surface area contributed by atoms with Crippen LogP contribution in [0.2, 0.25) is 0 Å². The average Bonchev–Trinajstić information content (AvgIpc) is 2.74. The molecule has 0 amide bonds. The predicted molar refractivity (Wildman–Crippen MR) is 139 cm³/mol. The highest BCUT2D eigenvalue weighted by Gasteiger charge is 2.21. The summed E-state index contributed by atoms with van der Waals surface area (Å²) in [7, 11) is 4.72. The lowest BCUT2D eigenvalue weighted by molar-refractivity contribution is 0.187. The van der Waals surface area contributed by atoms with Crippen molar-refractivity contribution in [3.8, 4) is 0 Å². The predicted octanol–water partition coefficient (Wildman–Crippen LogP) is 6.96. The molecule has 2 aliphatic carbocycles. The fraction of sp³-hybridized carbons (Fsp3) is 1.00. The number of rotatable bonds is 13. The highest BCUT2D eigenvalue weighted by molar-refractivity contribution is 8.00. The fourth-order valence-corrected chi connectivity index (χ4v) is 8.05. The van der Waals surface area contributed by atoms with Gasteiger partial charge in [-0.15, -0.1) is 12.4 Å². The maximum atomic E-state index is 2.65. The highest BCUT2D eigenvalue weighted by Crippen LogP contribution is 2.30. The van der Waals surface area contributed by atoms with Crippen LogP contribution >= 0.6 is 35.9 Å². The molecule has 2 unspecified atom stereocenters. The summed E-state index contributed by atoms with van der Waals surface area (Å²) in [5, 5.41) is 1.89. The number of hydrogen-bond acceptors (Lipinski definition) is 4. The van der Waals surface area contributed by atoms with E-state index in [1.54, 1.807) is 0 Å². The fourth-order valence-electron chi connectivity index (χ4n) is 4.75. The second kappa shape index (κ2) is 16.5. The lowest BCUT2D eigenvalue weighted by atomic mass is 10.0. The molecule has 174 valence electrons. The topological polar surface area (TPSA) is 6.48 Å². The van der Waals surface area contributed by atoms with Gasteiger partial charge in [0.2, 0.25) is 0 Å². The lowest BCUT2D eigenvalue weighted by Gasteiger charge is -2.33. The third kappa shape index (κ3) is 10.9. The number of halogens is 1. The molecule has 2 fully saturated rings. The molecule has 0 aromatic heterocycles. The van der Waals surface area contributed by atoms with E-state index in [9.17, 15) is 0 Å². The Labute approximate surface area is 197 Å². The van der Waals surface area contributed by atoms with E-state index in [2.05, 4.69) is 61.3 Å². The molecule has 29 heavy (non-hydrogen) atoms. The molecule has 2 atom stereocenters. The van der Waals surface area contributed by atoms with E-state index in [-0.39, 0.29) is 12.4 Å².